The minimum atomic E-state index is -0.490. The lowest BCUT2D eigenvalue weighted by molar-refractivity contribution is -0.384. The second-order valence-electron chi connectivity index (χ2n) is 6.63. The van der Waals surface area contributed by atoms with Crippen molar-refractivity contribution in [1.82, 2.24) is 15.1 Å². The van der Waals surface area contributed by atoms with Crippen LogP contribution in [0.3, 0.4) is 0 Å². The largest absolute Gasteiger partial charge is 0.425 e. The van der Waals surface area contributed by atoms with E-state index in [2.05, 4.69) is 10.2 Å². The number of nitro benzene ring substituents is 1. The Morgan fingerprint density at radius 3 is 2.36 bits per heavy atom. The number of non-ortho nitro benzene ring substituents is 1. The van der Waals surface area contributed by atoms with Gasteiger partial charge in [0.05, 0.1) is 4.92 Å². The fourth-order valence-electron chi connectivity index (χ4n) is 3.17. The quantitative estimate of drug-likeness (QED) is 0.625. The highest BCUT2D eigenvalue weighted by Gasteiger charge is 2.32. The summed E-state index contributed by atoms with van der Waals surface area (Å²) in [5.41, 5.74) is 0.278. The van der Waals surface area contributed by atoms with Gasteiger partial charge in [-0.25, -0.2) is 0 Å². The summed E-state index contributed by atoms with van der Waals surface area (Å²) in [5, 5.41) is 19.1. The number of benzene rings is 1. The maximum absolute atomic E-state index is 12.6. The van der Waals surface area contributed by atoms with E-state index in [1.54, 1.807) is 11.0 Å². The standard InChI is InChI=1S/C17H18N4O4/c22-17(13-2-1-3-14(10-13)21(23)24)20-8-6-12(7-9-20)16-19-18-15(25-16)11-4-5-11/h1-3,10-12H,4-9H2. The number of carbonyl (C=O) groups is 1. The number of aromatic nitrogens is 2. The molecule has 2 aliphatic rings. The van der Waals surface area contributed by atoms with Crippen molar-refractivity contribution >= 4 is 11.6 Å². The number of hydrogen-bond acceptors (Lipinski definition) is 6. The minimum absolute atomic E-state index is 0.0702. The lowest BCUT2D eigenvalue weighted by Crippen LogP contribution is -2.38. The van der Waals surface area contributed by atoms with Crippen LogP contribution in [-0.2, 0) is 0 Å². The van der Waals surface area contributed by atoms with E-state index in [4.69, 9.17) is 4.42 Å². The molecule has 0 N–H and O–H groups in total. The molecule has 0 radical (unpaired) electrons. The minimum Gasteiger partial charge on any atom is -0.425 e. The fraction of sp³-hybridized carbons (Fsp3) is 0.471. The summed E-state index contributed by atoms with van der Waals surface area (Å²) < 4.78 is 5.77. The molecule has 0 bridgehead atoms. The SMILES string of the molecule is O=C(c1cccc([N+](=O)[O-])c1)N1CCC(c2nnc(C3CC3)o2)CC1. The van der Waals surface area contributed by atoms with E-state index in [0.717, 1.165) is 31.6 Å². The van der Waals surface area contributed by atoms with Gasteiger partial charge in [-0.15, -0.1) is 10.2 Å². The number of likely N-dealkylation sites (tertiary alicyclic amines) is 1. The molecule has 2 heterocycles. The third-order valence-electron chi connectivity index (χ3n) is 4.82. The Kier molecular flexibility index (Phi) is 3.95. The van der Waals surface area contributed by atoms with Crippen molar-refractivity contribution in [3.8, 4) is 0 Å². The molecule has 4 rings (SSSR count). The van der Waals surface area contributed by atoms with Crippen molar-refractivity contribution in [2.75, 3.05) is 13.1 Å². The topological polar surface area (TPSA) is 102 Å². The molecule has 1 saturated heterocycles. The second-order valence-corrected chi connectivity index (χ2v) is 6.63. The van der Waals surface area contributed by atoms with E-state index in [0.29, 0.717) is 30.5 Å². The Morgan fingerprint density at radius 1 is 1.12 bits per heavy atom. The average Bonchev–Trinajstić information content (AvgIpc) is 3.38. The average molecular weight is 342 g/mol. The highest BCUT2D eigenvalue weighted by molar-refractivity contribution is 5.94. The molecule has 0 unspecified atom stereocenters. The Hall–Kier alpha value is -2.77. The number of carbonyl (C=O) groups excluding carboxylic acids is 1. The first-order valence-electron chi connectivity index (χ1n) is 8.49. The molecular formula is C17H18N4O4. The summed E-state index contributed by atoms with van der Waals surface area (Å²) in [7, 11) is 0. The number of amides is 1. The van der Waals surface area contributed by atoms with Crippen LogP contribution in [0.5, 0.6) is 0 Å². The van der Waals surface area contributed by atoms with Gasteiger partial charge in [-0.1, -0.05) is 6.07 Å². The van der Waals surface area contributed by atoms with Crippen LogP contribution < -0.4 is 0 Å². The molecule has 25 heavy (non-hydrogen) atoms. The molecular weight excluding hydrogens is 324 g/mol. The Balaban J connectivity index is 1.39. The lowest BCUT2D eigenvalue weighted by atomic mass is 9.96. The highest BCUT2D eigenvalue weighted by Crippen LogP contribution is 2.40. The summed E-state index contributed by atoms with van der Waals surface area (Å²) >= 11 is 0. The molecule has 0 spiro atoms. The van der Waals surface area contributed by atoms with E-state index >= 15 is 0 Å². The van der Waals surface area contributed by atoms with Crippen LogP contribution in [0.1, 0.15) is 59.7 Å². The van der Waals surface area contributed by atoms with Crippen LogP contribution in [0.25, 0.3) is 0 Å². The molecule has 8 heteroatoms. The van der Waals surface area contributed by atoms with Crippen molar-refractivity contribution in [2.24, 2.45) is 0 Å². The van der Waals surface area contributed by atoms with Crippen LogP contribution in [0, 0.1) is 10.1 Å². The van der Waals surface area contributed by atoms with Gasteiger partial charge in [-0.2, -0.15) is 0 Å². The summed E-state index contributed by atoms with van der Waals surface area (Å²) in [6.07, 6.45) is 3.76. The number of piperidine rings is 1. The van der Waals surface area contributed by atoms with Gasteiger partial charge in [0, 0.05) is 42.6 Å². The van der Waals surface area contributed by atoms with Crippen LogP contribution in [0.2, 0.25) is 0 Å². The van der Waals surface area contributed by atoms with E-state index in [9.17, 15) is 14.9 Å². The van der Waals surface area contributed by atoms with E-state index < -0.39 is 4.92 Å². The third kappa shape index (κ3) is 3.24. The van der Waals surface area contributed by atoms with Crippen LogP contribution >= 0.6 is 0 Å². The van der Waals surface area contributed by atoms with Crippen LogP contribution in [-0.4, -0.2) is 39.0 Å². The maximum Gasteiger partial charge on any atom is 0.270 e. The predicted molar refractivity (Wildman–Crippen MR) is 87.2 cm³/mol. The molecule has 2 fully saturated rings. The van der Waals surface area contributed by atoms with Gasteiger partial charge < -0.3 is 9.32 Å². The smallest absolute Gasteiger partial charge is 0.270 e. The van der Waals surface area contributed by atoms with Gasteiger partial charge in [0.15, 0.2) is 0 Å². The van der Waals surface area contributed by atoms with Gasteiger partial charge in [0.1, 0.15) is 0 Å². The maximum atomic E-state index is 12.6. The summed E-state index contributed by atoms with van der Waals surface area (Å²) in [6.45, 7) is 1.15. The van der Waals surface area contributed by atoms with Gasteiger partial charge in [-0.05, 0) is 31.7 Å². The zero-order chi connectivity index (χ0) is 17.4. The highest BCUT2D eigenvalue weighted by atomic mass is 16.6. The van der Waals surface area contributed by atoms with Crippen LogP contribution in [0.4, 0.5) is 5.69 Å². The first-order valence-corrected chi connectivity index (χ1v) is 8.49. The molecule has 1 amide bonds. The zero-order valence-electron chi connectivity index (χ0n) is 13.6. The lowest BCUT2D eigenvalue weighted by Gasteiger charge is -2.30. The summed E-state index contributed by atoms with van der Waals surface area (Å²) in [4.78, 5) is 24.7. The number of rotatable bonds is 4. The molecule has 1 aromatic heterocycles. The number of hydrogen-bond donors (Lipinski definition) is 0. The van der Waals surface area contributed by atoms with Gasteiger partial charge in [0.25, 0.3) is 11.6 Å². The first-order chi connectivity index (χ1) is 12.1. The molecule has 1 aromatic carbocycles. The number of nitro groups is 1. The van der Waals surface area contributed by atoms with Crippen molar-refractivity contribution in [1.29, 1.82) is 0 Å². The van der Waals surface area contributed by atoms with E-state index in [-0.39, 0.29) is 17.5 Å². The summed E-state index contributed by atoms with van der Waals surface area (Å²) in [5.74, 6) is 1.85. The van der Waals surface area contributed by atoms with E-state index in [1.165, 1.54) is 18.2 Å². The van der Waals surface area contributed by atoms with Gasteiger partial charge >= 0.3 is 0 Å². The number of nitrogens with zero attached hydrogens (tertiary/aromatic N) is 4. The Labute approximate surface area is 144 Å². The monoisotopic (exact) mass is 342 g/mol. The molecule has 0 atom stereocenters. The van der Waals surface area contributed by atoms with Gasteiger partial charge in [-0.3, -0.25) is 14.9 Å². The third-order valence-corrected chi connectivity index (χ3v) is 4.82. The van der Waals surface area contributed by atoms with Gasteiger partial charge in [0.2, 0.25) is 11.8 Å². The first kappa shape index (κ1) is 15.7. The van der Waals surface area contributed by atoms with E-state index in [1.807, 2.05) is 0 Å². The predicted octanol–water partition coefficient (Wildman–Crippen LogP) is 2.88. The van der Waals surface area contributed by atoms with Crippen molar-refractivity contribution < 1.29 is 14.1 Å². The molecule has 8 nitrogen and oxygen atoms in total. The Morgan fingerprint density at radius 2 is 1.76 bits per heavy atom. The molecule has 130 valence electrons. The Bertz CT molecular complexity index is 806. The molecule has 1 saturated carbocycles. The van der Waals surface area contributed by atoms with Crippen molar-refractivity contribution in [3.05, 3.63) is 51.7 Å². The molecule has 1 aliphatic heterocycles. The fourth-order valence-corrected chi connectivity index (χ4v) is 3.17. The van der Waals surface area contributed by atoms with Crippen molar-refractivity contribution in [3.63, 3.8) is 0 Å². The van der Waals surface area contributed by atoms with Crippen molar-refractivity contribution in [2.45, 2.75) is 37.5 Å². The molecule has 1 aliphatic carbocycles. The summed E-state index contributed by atoms with van der Waals surface area (Å²) in [6, 6.07) is 5.86. The normalized spacial score (nSPS) is 18.3. The second kappa shape index (κ2) is 6.27. The van der Waals surface area contributed by atoms with Crippen LogP contribution in [0.15, 0.2) is 28.7 Å². The molecule has 2 aromatic rings. The zero-order valence-corrected chi connectivity index (χ0v) is 13.6.